The Morgan fingerprint density at radius 1 is 1.32 bits per heavy atom. The van der Waals surface area contributed by atoms with Crippen molar-refractivity contribution in [2.24, 2.45) is 0 Å². The van der Waals surface area contributed by atoms with E-state index in [0.29, 0.717) is 12.0 Å². The van der Waals surface area contributed by atoms with Gasteiger partial charge in [-0.3, -0.25) is 0 Å². The lowest BCUT2D eigenvalue weighted by molar-refractivity contribution is 0.251. The van der Waals surface area contributed by atoms with E-state index in [9.17, 15) is 0 Å². The number of anilines is 1. The zero-order valence-electron chi connectivity index (χ0n) is 13.2. The molecule has 22 heavy (non-hydrogen) atoms. The van der Waals surface area contributed by atoms with Gasteiger partial charge in [-0.1, -0.05) is 0 Å². The van der Waals surface area contributed by atoms with Crippen LogP contribution in [0.3, 0.4) is 0 Å². The van der Waals surface area contributed by atoms with Crippen molar-refractivity contribution < 1.29 is 0 Å². The molecule has 2 aromatic heterocycles. The lowest BCUT2D eigenvalue weighted by atomic mass is 10.2. The topological polar surface area (TPSA) is 58.4 Å². The van der Waals surface area contributed by atoms with Crippen LogP contribution >= 0.6 is 0 Å². The van der Waals surface area contributed by atoms with Gasteiger partial charge in [-0.15, -0.1) is 10.2 Å². The molecular formula is C16H24N6. The largest absolute Gasteiger partial charge is 0.382 e. The van der Waals surface area contributed by atoms with Gasteiger partial charge in [0, 0.05) is 18.5 Å². The number of hydrogen-bond donors (Lipinski definition) is 1. The Morgan fingerprint density at radius 2 is 2.14 bits per heavy atom. The van der Waals surface area contributed by atoms with Crippen molar-refractivity contribution in [1.29, 1.82) is 0 Å². The Bertz CT molecular complexity index is 641. The Balaban J connectivity index is 1.43. The molecule has 1 unspecified atom stereocenters. The summed E-state index contributed by atoms with van der Waals surface area (Å²) in [5.41, 5.74) is 3.07. The van der Waals surface area contributed by atoms with Crippen LogP contribution in [0.15, 0.2) is 12.4 Å². The van der Waals surface area contributed by atoms with Gasteiger partial charge in [0.1, 0.15) is 6.33 Å². The van der Waals surface area contributed by atoms with Gasteiger partial charge in [-0.05, 0) is 58.2 Å². The van der Waals surface area contributed by atoms with Crippen LogP contribution in [-0.4, -0.2) is 50.4 Å². The van der Waals surface area contributed by atoms with Gasteiger partial charge in [0.2, 0.25) is 5.65 Å². The van der Waals surface area contributed by atoms with E-state index in [-0.39, 0.29) is 0 Å². The van der Waals surface area contributed by atoms with Crippen LogP contribution < -0.4 is 5.32 Å². The number of fused-ring (bicyclic) bond motifs is 1. The van der Waals surface area contributed by atoms with Crippen molar-refractivity contribution in [2.75, 3.05) is 25.0 Å². The lowest BCUT2D eigenvalue weighted by Gasteiger charge is -2.23. The smallest absolute Gasteiger partial charge is 0.200 e. The summed E-state index contributed by atoms with van der Waals surface area (Å²) in [5, 5.41) is 16.4. The Labute approximate surface area is 130 Å². The summed E-state index contributed by atoms with van der Waals surface area (Å²) in [7, 11) is 0. The highest BCUT2D eigenvalue weighted by Crippen LogP contribution is 2.39. The van der Waals surface area contributed by atoms with E-state index in [0.717, 1.165) is 24.3 Å². The van der Waals surface area contributed by atoms with Gasteiger partial charge in [0.25, 0.3) is 0 Å². The molecule has 6 nitrogen and oxygen atoms in total. The molecule has 0 aromatic carbocycles. The molecule has 1 saturated carbocycles. The number of likely N-dealkylation sites (tertiary alicyclic amines) is 1. The van der Waals surface area contributed by atoms with Gasteiger partial charge in [-0.2, -0.15) is 9.61 Å². The molecule has 3 heterocycles. The van der Waals surface area contributed by atoms with Crippen molar-refractivity contribution in [3.8, 4) is 0 Å². The molecule has 2 aromatic rings. The molecule has 0 radical (unpaired) electrons. The predicted octanol–water partition coefficient (Wildman–Crippen LogP) is 2.29. The average Bonchev–Trinajstić information content (AvgIpc) is 3.02. The van der Waals surface area contributed by atoms with Crippen molar-refractivity contribution in [3.63, 3.8) is 0 Å². The second-order valence-corrected chi connectivity index (χ2v) is 6.66. The van der Waals surface area contributed by atoms with E-state index in [4.69, 9.17) is 0 Å². The van der Waals surface area contributed by atoms with Crippen molar-refractivity contribution >= 4 is 11.3 Å². The van der Waals surface area contributed by atoms with Crippen molar-refractivity contribution in [2.45, 2.75) is 51.0 Å². The summed E-state index contributed by atoms with van der Waals surface area (Å²) >= 11 is 0. The van der Waals surface area contributed by atoms with E-state index in [2.05, 4.69) is 38.5 Å². The molecule has 2 aliphatic rings. The molecule has 1 atom stereocenters. The standard InChI is InChI=1S/C16H24N6/c1-12(21-8-2-3-9-21)6-7-17-15-10-14(13-4-5-13)20-22-11-18-19-16(15)22/h10-13,17H,2-9H2,1H3. The first kappa shape index (κ1) is 13.9. The number of aromatic nitrogens is 4. The summed E-state index contributed by atoms with van der Waals surface area (Å²) in [4.78, 5) is 2.59. The first-order valence-corrected chi connectivity index (χ1v) is 8.50. The first-order valence-electron chi connectivity index (χ1n) is 8.50. The molecule has 0 amide bonds. The molecule has 1 aliphatic carbocycles. The average molecular weight is 300 g/mol. The molecule has 0 spiro atoms. The fourth-order valence-corrected chi connectivity index (χ4v) is 3.34. The normalized spacial score (nSPS) is 20.6. The maximum absolute atomic E-state index is 4.61. The maximum atomic E-state index is 4.61. The second kappa shape index (κ2) is 5.83. The molecule has 4 rings (SSSR count). The number of nitrogens with one attached hydrogen (secondary N) is 1. The van der Waals surface area contributed by atoms with Gasteiger partial charge >= 0.3 is 0 Å². The molecule has 1 aliphatic heterocycles. The monoisotopic (exact) mass is 300 g/mol. The number of rotatable bonds is 6. The van der Waals surface area contributed by atoms with E-state index in [1.165, 1.54) is 44.5 Å². The second-order valence-electron chi connectivity index (χ2n) is 6.66. The zero-order chi connectivity index (χ0) is 14.9. The van der Waals surface area contributed by atoms with Gasteiger partial charge in [0.05, 0.1) is 11.4 Å². The highest BCUT2D eigenvalue weighted by Gasteiger charge is 2.26. The third-order valence-electron chi connectivity index (χ3n) is 4.92. The van der Waals surface area contributed by atoms with Crippen LogP contribution in [0.25, 0.3) is 5.65 Å². The Kier molecular flexibility index (Phi) is 3.70. The highest BCUT2D eigenvalue weighted by molar-refractivity contribution is 5.66. The lowest BCUT2D eigenvalue weighted by Crippen LogP contribution is -2.31. The summed E-state index contributed by atoms with van der Waals surface area (Å²) in [6.45, 7) is 5.82. The van der Waals surface area contributed by atoms with Gasteiger partial charge in [0.15, 0.2) is 0 Å². The van der Waals surface area contributed by atoms with E-state index in [1.54, 1.807) is 10.8 Å². The molecule has 1 saturated heterocycles. The van der Waals surface area contributed by atoms with Crippen LogP contribution in [0.4, 0.5) is 5.69 Å². The molecule has 0 bridgehead atoms. The Hall–Kier alpha value is -1.69. The minimum Gasteiger partial charge on any atom is -0.382 e. The summed E-state index contributed by atoms with van der Waals surface area (Å²) in [5.74, 6) is 0.635. The number of nitrogens with zero attached hydrogens (tertiary/aromatic N) is 5. The Morgan fingerprint density at radius 3 is 2.91 bits per heavy atom. The SMILES string of the molecule is CC(CCNc1cc(C2CC2)nn2cnnc12)N1CCCC1. The highest BCUT2D eigenvalue weighted by atomic mass is 15.3. The summed E-state index contributed by atoms with van der Waals surface area (Å²) in [6.07, 6.45) is 8.07. The first-order chi connectivity index (χ1) is 10.8. The van der Waals surface area contributed by atoms with Crippen LogP contribution in [0.2, 0.25) is 0 Å². The fraction of sp³-hybridized carbons (Fsp3) is 0.688. The van der Waals surface area contributed by atoms with Crippen LogP contribution in [0, 0.1) is 0 Å². The minimum absolute atomic E-state index is 0.635. The predicted molar refractivity (Wildman–Crippen MR) is 86.1 cm³/mol. The maximum Gasteiger partial charge on any atom is 0.200 e. The third-order valence-corrected chi connectivity index (χ3v) is 4.92. The summed E-state index contributed by atoms with van der Waals surface area (Å²) in [6, 6.07) is 2.82. The van der Waals surface area contributed by atoms with E-state index in [1.807, 2.05) is 0 Å². The molecule has 118 valence electrons. The fourth-order valence-electron chi connectivity index (χ4n) is 3.34. The third kappa shape index (κ3) is 2.79. The van der Waals surface area contributed by atoms with Crippen LogP contribution in [0.5, 0.6) is 0 Å². The summed E-state index contributed by atoms with van der Waals surface area (Å²) < 4.78 is 1.81. The van der Waals surface area contributed by atoms with E-state index < -0.39 is 0 Å². The number of hydrogen-bond acceptors (Lipinski definition) is 5. The molecular weight excluding hydrogens is 276 g/mol. The van der Waals surface area contributed by atoms with Gasteiger partial charge in [-0.25, -0.2) is 0 Å². The van der Waals surface area contributed by atoms with Crippen molar-refractivity contribution in [3.05, 3.63) is 18.1 Å². The molecule has 1 N–H and O–H groups in total. The zero-order valence-corrected chi connectivity index (χ0v) is 13.2. The van der Waals surface area contributed by atoms with Crippen LogP contribution in [0.1, 0.15) is 50.6 Å². The van der Waals surface area contributed by atoms with E-state index >= 15 is 0 Å². The van der Waals surface area contributed by atoms with Gasteiger partial charge < -0.3 is 10.2 Å². The minimum atomic E-state index is 0.635. The van der Waals surface area contributed by atoms with Crippen molar-refractivity contribution in [1.82, 2.24) is 24.7 Å². The molecule has 6 heteroatoms. The molecule has 2 fully saturated rings. The van der Waals surface area contributed by atoms with Crippen LogP contribution in [-0.2, 0) is 0 Å². The quantitative estimate of drug-likeness (QED) is 0.887.